The van der Waals surface area contributed by atoms with E-state index >= 15 is 0 Å². The van der Waals surface area contributed by atoms with Crippen LogP contribution < -0.4 is 11.1 Å². The van der Waals surface area contributed by atoms with Crippen LogP contribution >= 0.6 is 0 Å². The van der Waals surface area contributed by atoms with Crippen LogP contribution in [0.5, 0.6) is 0 Å². The van der Waals surface area contributed by atoms with Crippen molar-refractivity contribution in [3.63, 3.8) is 0 Å². The number of likely N-dealkylation sites (tertiary alicyclic amines) is 1. The Bertz CT molecular complexity index is 315. The minimum absolute atomic E-state index is 0.0449. The maximum absolute atomic E-state index is 12.5. The third kappa shape index (κ3) is 2.95. The zero-order valence-corrected chi connectivity index (χ0v) is 12.6. The smallest absolute Gasteiger partial charge is 0.237 e. The molecular weight excluding hydrogens is 238 g/mol. The maximum atomic E-state index is 12.5. The molecule has 1 aliphatic carbocycles. The van der Waals surface area contributed by atoms with Gasteiger partial charge in [-0.05, 0) is 46.5 Å². The van der Waals surface area contributed by atoms with Crippen LogP contribution in [-0.4, -0.2) is 41.0 Å². The van der Waals surface area contributed by atoms with E-state index in [1.165, 1.54) is 25.7 Å². The SMILES string of the molecule is CC1CCC(C)N1C(C)C(=O)NC1(CN)CCCC1. The molecule has 0 spiro atoms. The Morgan fingerprint density at radius 3 is 2.32 bits per heavy atom. The summed E-state index contributed by atoms with van der Waals surface area (Å²) in [5.41, 5.74) is 5.77. The summed E-state index contributed by atoms with van der Waals surface area (Å²) < 4.78 is 0. The highest BCUT2D eigenvalue weighted by Crippen LogP contribution is 2.30. The molecule has 1 saturated carbocycles. The van der Waals surface area contributed by atoms with Gasteiger partial charge in [0.05, 0.1) is 11.6 Å². The van der Waals surface area contributed by atoms with E-state index in [2.05, 4.69) is 24.1 Å². The number of rotatable bonds is 4. The van der Waals surface area contributed by atoms with E-state index in [0.717, 1.165) is 12.8 Å². The van der Waals surface area contributed by atoms with Crippen molar-refractivity contribution in [2.45, 2.75) is 83.0 Å². The molecule has 1 aliphatic heterocycles. The zero-order valence-electron chi connectivity index (χ0n) is 12.6. The summed E-state index contributed by atoms with van der Waals surface area (Å²) in [5, 5.41) is 3.25. The zero-order chi connectivity index (χ0) is 14.0. The van der Waals surface area contributed by atoms with E-state index in [-0.39, 0.29) is 17.5 Å². The quantitative estimate of drug-likeness (QED) is 0.814. The normalized spacial score (nSPS) is 32.4. The highest BCUT2D eigenvalue weighted by molar-refractivity contribution is 5.82. The molecule has 110 valence electrons. The van der Waals surface area contributed by atoms with Crippen molar-refractivity contribution >= 4 is 5.91 Å². The molecule has 4 nitrogen and oxygen atoms in total. The lowest BCUT2D eigenvalue weighted by atomic mass is 9.97. The van der Waals surface area contributed by atoms with Crippen LogP contribution in [0.3, 0.4) is 0 Å². The third-order valence-corrected chi connectivity index (χ3v) is 5.19. The summed E-state index contributed by atoms with van der Waals surface area (Å²) in [5.74, 6) is 0.160. The molecule has 3 unspecified atom stereocenters. The lowest BCUT2D eigenvalue weighted by molar-refractivity contribution is -0.128. The van der Waals surface area contributed by atoms with Gasteiger partial charge in [0.15, 0.2) is 0 Å². The number of carbonyl (C=O) groups is 1. The molecule has 0 radical (unpaired) electrons. The Morgan fingerprint density at radius 1 is 1.32 bits per heavy atom. The molecule has 0 bridgehead atoms. The summed E-state index contributed by atoms with van der Waals surface area (Å²) >= 11 is 0. The van der Waals surface area contributed by atoms with Crippen LogP contribution in [0.25, 0.3) is 0 Å². The third-order valence-electron chi connectivity index (χ3n) is 5.19. The van der Waals surface area contributed by atoms with Crippen LogP contribution in [0.15, 0.2) is 0 Å². The summed E-state index contributed by atoms with van der Waals surface area (Å²) in [6.07, 6.45) is 6.83. The fourth-order valence-electron chi connectivity index (χ4n) is 3.91. The van der Waals surface area contributed by atoms with Crippen molar-refractivity contribution in [2.75, 3.05) is 6.54 Å². The lowest BCUT2D eigenvalue weighted by Gasteiger charge is -2.35. The first-order chi connectivity index (χ1) is 8.99. The van der Waals surface area contributed by atoms with E-state index in [9.17, 15) is 4.79 Å². The van der Waals surface area contributed by atoms with Gasteiger partial charge in [-0.1, -0.05) is 12.8 Å². The van der Waals surface area contributed by atoms with Gasteiger partial charge in [0.1, 0.15) is 0 Å². The van der Waals surface area contributed by atoms with Crippen molar-refractivity contribution in [3.05, 3.63) is 0 Å². The summed E-state index contributed by atoms with van der Waals surface area (Å²) in [7, 11) is 0. The molecule has 3 N–H and O–H groups in total. The second-order valence-electron chi connectivity index (χ2n) is 6.58. The summed E-state index contributed by atoms with van der Waals surface area (Å²) in [6, 6.07) is 0.970. The Morgan fingerprint density at radius 2 is 1.84 bits per heavy atom. The second-order valence-corrected chi connectivity index (χ2v) is 6.58. The molecule has 0 aromatic rings. The molecule has 2 fully saturated rings. The second kappa shape index (κ2) is 5.80. The van der Waals surface area contributed by atoms with Gasteiger partial charge in [0, 0.05) is 18.6 Å². The van der Waals surface area contributed by atoms with Crippen molar-refractivity contribution in [1.82, 2.24) is 10.2 Å². The van der Waals surface area contributed by atoms with Gasteiger partial charge in [-0.15, -0.1) is 0 Å². The predicted molar refractivity (Wildman–Crippen MR) is 77.9 cm³/mol. The summed E-state index contributed by atoms with van der Waals surface area (Å²) in [6.45, 7) is 7.05. The fourth-order valence-corrected chi connectivity index (χ4v) is 3.91. The van der Waals surface area contributed by atoms with E-state index in [4.69, 9.17) is 5.73 Å². The Balaban J connectivity index is 1.99. The first kappa shape index (κ1) is 14.8. The van der Waals surface area contributed by atoms with E-state index in [1.54, 1.807) is 0 Å². The van der Waals surface area contributed by atoms with E-state index in [1.807, 2.05) is 6.92 Å². The molecule has 4 heteroatoms. The predicted octanol–water partition coefficient (Wildman–Crippen LogP) is 1.64. The van der Waals surface area contributed by atoms with Crippen LogP contribution in [0.1, 0.15) is 59.3 Å². The number of nitrogens with zero attached hydrogens (tertiary/aromatic N) is 1. The average Bonchev–Trinajstić information content (AvgIpc) is 2.97. The molecule has 1 heterocycles. The Labute approximate surface area is 117 Å². The number of amides is 1. The number of hydrogen-bond acceptors (Lipinski definition) is 3. The van der Waals surface area contributed by atoms with Gasteiger partial charge in [-0.2, -0.15) is 0 Å². The first-order valence-corrected chi connectivity index (χ1v) is 7.78. The number of nitrogens with one attached hydrogen (secondary N) is 1. The molecule has 3 atom stereocenters. The van der Waals surface area contributed by atoms with Gasteiger partial charge in [0.25, 0.3) is 0 Å². The maximum Gasteiger partial charge on any atom is 0.237 e. The average molecular weight is 267 g/mol. The lowest BCUT2D eigenvalue weighted by Crippen LogP contribution is -2.58. The fraction of sp³-hybridized carbons (Fsp3) is 0.933. The van der Waals surface area contributed by atoms with Crippen molar-refractivity contribution in [1.29, 1.82) is 0 Å². The molecule has 0 aromatic carbocycles. The van der Waals surface area contributed by atoms with Gasteiger partial charge < -0.3 is 11.1 Å². The van der Waals surface area contributed by atoms with Crippen LogP contribution in [-0.2, 0) is 4.79 Å². The van der Waals surface area contributed by atoms with Crippen molar-refractivity contribution in [3.8, 4) is 0 Å². The van der Waals surface area contributed by atoms with Gasteiger partial charge in [-0.25, -0.2) is 0 Å². The monoisotopic (exact) mass is 267 g/mol. The number of hydrogen-bond donors (Lipinski definition) is 2. The minimum atomic E-state index is -0.127. The molecule has 19 heavy (non-hydrogen) atoms. The minimum Gasteiger partial charge on any atom is -0.348 e. The first-order valence-electron chi connectivity index (χ1n) is 7.78. The highest BCUT2D eigenvalue weighted by Gasteiger charge is 2.39. The standard InChI is InChI=1S/C15H29N3O/c1-11-6-7-12(2)18(11)13(3)14(19)17-15(10-16)8-4-5-9-15/h11-13H,4-10,16H2,1-3H3,(H,17,19). The molecule has 1 saturated heterocycles. The van der Waals surface area contributed by atoms with Crippen LogP contribution in [0.4, 0.5) is 0 Å². The van der Waals surface area contributed by atoms with Crippen LogP contribution in [0.2, 0.25) is 0 Å². The van der Waals surface area contributed by atoms with Gasteiger partial charge in [0.2, 0.25) is 5.91 Å². The van der Waals surface area contributed by atoms with E-state index < -0.39 is 0 Å². The molecular formula is C15H29N3O. The Hall–Kier alpha value is -0.610. The molecule has 1 amide bonds. The molecule has 2 aliphatic rings. The van der Waals surface area contributed by atoms with Gasteiger partial charge in [-0.3, -0.25) is 9.69 Å². The topological polar surface area (TPSA) is 58.4 Å². The Kier molecular flexibility index (Phi) is 4.51. The highest BCUT2D eigenvalue weighted by atomic mass is 16.2. The molecule has 2 rings (SSSR count). The van der Waals surface area contributed by atoms with Crippen LogP contribution in [0, 0.1) is 0 Å². The number of nitrogens with two attached hydrogens (primary N) is 1. The number of carbonyl (C=O) groups excluding carboxylic acids is 1. The molecule has 0 aromatic heterocycles. The van der Waals surface area contributed by atoms with Gasteiger partial charge >= 0.3 is 0 Å². The van der Waals surface area contributed by atoms with Crippen molar-refractivity contribution in [2.24, 2.45) is 5.73 Å². The summed E-state index contributed by atoms with van der Waals surface area (Å²) in [4.78, 5) is 14.9. The largest absolute Gasteiger partial charge is 0.348 e. The van der Waals surface area contributed by atoms with Crippen molar-refractivity contribution < 1.29 is 4.79 Å². The van der Waals surface area contributed by atoms with E-state index in [0.29, 0.717) is 18.6 Å².